The maximum absolute atomic E-state index is 12.3. The highest BCUT2D eigenvalue weighted by atomic mass is 32.2. The zero-order chi connectivity index (χ0) is 16.4. The Kier molecular flexibility index (Phi) is 4.72. The van der Waals surface area contributed by atoms with Gasteiger partial charge in [0.25, 0.3) is 0 Å². The first-order valence-corrected chi connectivity index (χ1v) is 9.95. The Balaban J connectivity index is 1.44. The number of amides is 1. The number of nitrogens with zero attached hydrogens (tertiary/aromatic N) is 4. The smallest absolute Gasteiger partial charge is 0.222 e. The Labute approximate surface area is 137 Å². The van der Waals surface area contributed by atoms with Gasteiger partial charge in [0.2, 0.25) is 5.91 Å². The average molecular weight is 340 g/mol. The predicted molar refractivity (Wildman–Crippen MR) is 86.7 cm³/mol. The molecule has 8 heteroatoms. The van der Waals surface area contributed by atoms with Gasteiger partial charge in [-0.1, -0.05) is 0 Å². The molecule has 1 atom stereocenters. The molecule has 0 bridgehead atoms. The topological polar surface area (TPSA) is 75.5 Å². The molecule has 0 aromatic carbocycles. The highest BCUT2D eigenvalue weighted by molar-refractivity contribution is 7.91. The number of sulfone groups is 1. The minimum atomic E-state index is -2.84. The Morgan fingerprint density at radius 3 is 2.61 bits per heavy atom. The van der Waals surface area contributed by atoms with Crippen molar-refractivity contribution in [3.63, 3.8) is 0 Å². The van der Waals surface area contributed by atoms with E-state index in [4.69, 9.17) is 0 Å². The molecule has 1 amide bonds. The highest BCUT2D eigenvalue weighted by Gasteiger charge is 2.34. The van der Waals surface area contributed by atoms with Crippen LogP contribution in [0.2, 0.25) is 0 Å². The molecule has 1 unspecified atom stereocenters. The molecule has 0 spiro atoms. The minimum absolute atomic E-state index is 0.146. The second-order valence-corrected chi connectivity index (χ2v) is 8.72. The first-order valence-electron chi connectivity index (χ1n) is 8.13. The molecule has 0 radical (unpaired) electrons. The Bertz CT molecular complexity index is 662. The summed E-state index contributed by atoms with van der Waals surface area (Å²) in [5.41, 5.74) is 1.08. The molecule has 2 aliphatic heterocycles. The number of carbonyl (C=O) groups excluding carboxylic acids is 1. The lowest BCUT2D eigenvalue weighted by Crippen LogP contribution is -2.52. The largest absolute Gasteiger partial charge is 0.340 e. The van der Waals surface area contributed by atoms with Crippen molar-refractivity contribution in [3.8, 4) is 0 Å². The number of piperazine rings is 1. The van der Waals surface area contributed by atoms with Crippen molar-refractivity contribution in [2.24, 2.45) is 7.05 Å². The van der Waals surface area contributed by atoms with Crippen LogP contribution in [0.5, 0.6) is 0 Å². The van der Waals surface area contributed by atoms with Gasteiger partial charge in [0, 0.05) is 51.9 Å². The Morgan fingerprint density at radius 1 is 1.30 bits per heavy atom. The van der Waals surface area contributed by atoms with Crippen molar-refractivity contribution in [1.82, 2.24) is 19.6 Å². The number of hydrogen-bond acceptors (Lipinski definition) is 5. The van der Waals surface area contributed by atoms with Crippen molar-refractivity contribution in [2.45, 2.75) is 25.3 Å². The third kappa shape index (κ3) is 4.11. The van der Waals surface area contributed by atoms with Crippen molar-refractivity contribution >= 4 is 15.7 Å². The number of hydrogen-bond donors (Lipinski definition) is 0. The summed E-state index contributed by atoms with van der Waals surface area (Å²) in [4.78, 5) is 16.4. The third-order valence-corrected chi connectivity index (χ3v) is 6.53. The summed E-state index contributed by atoms with van der Waals surface area (Å²) in [5.74, 6) is 0.761. The summed E-state index contributed by atoms with van der Waals surface area (Å²) in [6.45, 7) is 2.95. The average Bonchev–Trinajstić information content (AvgIpc) is 3.10. The van der Waals surface area contributed by atoms with E-state index in [0.717, 1.165) is 25.1 Å². The fourth-order valence-corrected chi connectivity index (χ4v) is 5.17. The second kappa shape index (κ2) is 6.60. The molecule has 3 rings (SSSR count). The van der Waals surface area contributed by atoms with E-state index in [9.17, 15) is 13.2 Å². The van der Waals surface area contributed by atoms with Gasteiger partial charge in [-0.15, -0.1) is 0 Å². The molecule has 2 fully saturated rings. The van der Waals surface area contributed by atoms with Crippen molar-refractivity contribution in [3.05, 3.63) is 18.0 Å². The van der Waals surface area contributed by atoms with E-state index >= 15 is 0 Å². The molecule has 3 heterocycles. The van der Waals surface area contributed by atoms with Gasteiger partial charge in [0.05, 0.1) is 17.7 Å². The van der Waals surface area contributed by atoms with Crippen LogP contribution in [-0.2, 0) is 28.1 Å². The van der Waals surface area contributed by atoms with Gasteiger partial charge in [0.15, 0.2) is 9.84 Å². The zero-order valence-corrected chi connectivity index (χ0v) is 14.3. The monoisotopic (exact) mass is 340 g/mol. The molecular formula is C15H24N4O3S. The number of rotatable bonds is 4. The van der Waals surface area contributed by atoms with Crippen molar-refractivity contribution < 1.29 is 13.2 Å². The van der Waals surface area contributed by atoms with E-state index in [1.54, 1.807) is 10.9 Å². The van der Waals surface area contributed by atoms with E-state index in [2.05, 4.69) is 10.00 Å². The first-order chi connectivity index (χ1) is 10.9. The Hall–Kier alpha value is -1.41. The van der Waals surface area contributed by atoms with Gasteiger partial charge in [-0.2, -0.15) is 5.10 Å². The molecule has 128 valence electrons. The molecule has 0 saturated carbocycles. The zero-order valence-electron chi connectivity index (χ0n) is 13.5. The van der Waals surface area contributed by atoms with Crippen LogP contribution in [0.25, 0.3) is 0 Å². The maximum Gasteiger partial charge on any atom is 0.222 e. The summed E-state index contributed by atoms with van der Waals surface area (Å²) in [6, 6.07) is 0.146. The van der Waals surface area contributed by atoms with E-state index in [0.29, 0.717) is 31.7 Å². The van der Waals surface area contributed by atoms with E-state index < -0.39 is 9.84 Å². The first kappa shape index (κ1) is 16.4. The van der Waals surface area contributed by atoms with Crippen LogP contribution >= 0.6 is 0 Å². The predicted octanol–water partition coefficient (Wildman–Crippen LogP) is -0.316. The summed E-state index contributed by atoms with van der Waals surface area (Å²) in [5, 5.41) is 4.11. The Morgan fingerprint density at radius 2 is 2.04 bits per heavy atom. The van der Waals surface area contributed by atoms with Crippen LogP contribution in [0.1, 0.15) is 18.4 Å². The van der Waals surface area contributed by atoms with Gasteiger partial charge in [-0.25, -0.2) is 8.42 Å². The maximum atomic E-state index is 12.3. The SMILES string of the molecule is Cn1cc(CCC(=O)N2CCN(C3CCS(=O)(=O)C3)CC2)cn1. The molecule has 0 aliphatic carbocycles. The van der Waals surface area contributed by atoms with Gasteiger partial charge in [0.1, 0.15) is 0 Å². The molecule has 23 heavy (non-hydrogen) atoms. The second-order valence-electron chi connectivity index (χ2n) is 6.50. The molecule has 1 aromatic rings. The van der Waals surface area contributed by atoms with Crippen LogP contribution in [0.3, 0.4) is 0 Å². The number of aryl methyl sites for hydroxylation is 2. The molecule has 2 aliphatic rings. The summed E-state index contributed by atoms with van der Waals surface area (Å²) >= 11 is 0. The molecule has 2 saturated heterocycles. The van der Waals surface area contributed by atoms with Crippen LogP contribution < -0.4 is 0 Å². The molecule has 7 nitrogen and oxygen atoms in total. The van der Waals surface area contributed by atoms with Crippen molar-refractivity contribution in [2.75, 3.05) is 37.7 Å². The fourth-order valence-electron chi connectivity index (χ4n) is 3.41. The lowest BCUT2D eigenvalue weighted by molar-refractivity contribution is -0.133. The van der Waals surface area contributed by atoms with Crippen LogP contribution in [0.4, 0.5) is 0 Å². The van der Waals surface area contributed by atoms with E-state index in [1.807, 2.05) is 18.1 Å². The number of carbonyl (C=O) groups is 1. The van der Waals surface area contributed by atoms with Gasteiger partial charge < -0.3 is 4.90 Å². The number of aromatic nitrogens is 2. The fraction of sp³-hybridized carbons (Fsp3) is 0.733. The third-order valence-electron chi connectivity index (χ3n) is 4.78. The van der Waals surface area contributed by atoms with Crippen LogP contribution in [-0.4, -0.2) is 77.6 Å². The van der Waals surface area contributed by atoms with E-state index in [-0.39, 0.29) is 17.7 Å². The quantitative estimate of drug-likeness (QED) is 0.751. The molecular weight excluding hydrogens is 316 g/mol. The van der Waals surface area contributed by atoms with Crippen molar-refractivity contribution in [1.29, 1.82) is 0 Å². The molecule has 1 aromatic heterocycles. The van der Waals surface area contributed by atoms with Gasteiger partial charge >= 0.3 is 0 Å². The summed E-state index contributed by atoms with van der Waals surface area (Å²) in [6.07, 6.45) is 5.69. The highest BCUT2D eigenvalue weighted by Crippen LogP contribution is 2.19. The lowest BCUT2D eigenvalue weighted by Gasteiger charge is -2.37. The van der Waals surface area contributed by atoms with Gasteiger partial charge in [-0.05, 0) is 18.4 Å². The summed E-state index contributed by atoms with van der Waals surface area (Å²) < 4.78 is 24.9. The van der Waals surface area contributed by atoms with Crippen LogP contribution in [0.15, 0.2) is 12.4 Å². The minimum Gasteiger partial charge on any atom is -0.340 e. The molecule has 0 N–H and O–H groups in total. The summed E-state index contributed by atoms with van der Waals surface area (Å²) in [7, 11) is -0.973. The van der Waals surface area contributed by atoms with Gasteiger partial charge in [-0.3, -0.25) is 14.4 Å². The normalized spacial score (nSPS) is 24.9. The van der Waals surface area contributed by atoms with E-state index in [1.165, 1.54) is 0 Å². The standard InChI is InChI=1S/C15H24N4O3S/c1-17-11-13(10-16-17)2-3-15(20)19-7-5-18(6-8-19)14-4-9-23(21,22)12-14/h10-11,14H,2-9,12H2,1H3. The van der Waals surface area contributed by atoms with Crippen LogP contribution in [0, 0.1) is 0 Å². The lowest BCUT2D eigenvalue weighted by atomic mass is 10.1.